The summed E-state index contributed by atoms with van der Waals surface area (Å²) in [6, 6.07) is 11.6. The Bertz CT molecular complexity index is 551. The molecule has 17 heavy (non-hydrogen) atoms. The summed E-state index contributed by atoms with van der Waals surface area (Å²) in [5.41, 5.74) is 6.34. The molecular weight excluding hydrogens is 234 g/mol. The minimum atomic E-state index is 0.433. The fraction of sp³-hybridized carbons (Fsp3) is 0.143. The van der Waals surface area contributed by atoms with Crippen LogP contribution in [0.25, 0.3) is 10.8 Å². The molecule has 3 heteroatoms. The van der Waals surface area contributed by atoms with Crippen LogP contribution in [0.15, 0.2) is 48.6 Å². The zero-order chi connectivity index (χ0) is 12.3. The van der Waals surface area contributed by atoms with Gasteiger partial charge in [0.15, 0.2) is 0 Å². The molecule has 0 heterocycles. The SMILES string of the molecule is C=C(CN)COc1ccc(Cl)c2ccccc12. The normalized spacial score (nSPS) is 10.5. The third-order valence-corrected chi connectivity index (χ3v) is 2.88. The van der Waals surface area contributed by atoms with Crippen molar-refractivity contribution < 1.29 is 4.74 Å². The van der Waals surface area contributed by atoms with Gasteiger partial charge in [-0.2, -0.15) is 0 Å². The molecule has 0 unspecified atom stereocenters. The van der Waals surface area contributed by atoms with Gasteiger partial charge in [0.05, 0.1) is 0 Å². The van der Waals surface area contributed by atoms with Gasteiger partial charge in [-0.3, -0.25) is 0 Å². The van der Waals surface area contributed by atoms with E-state index in [1.165, 1.54) is 0 Å². The quantitative estimate of drug-likeness (QED) is 0.841. The van der Waals surface area contributed by atoms with Crippen LogP contribution in [0, 0.1) is 0 Å². The highest BCUT2D eigenvalue weighted by molar-refractivity contribution is 6.35. The molecule has 0 radical (unpaired) electrons. The maximum absolute atomic E-state index is 6.13. The number of hydrogen-bond donors (Lipinski definition) is 1. The zero-order valence-corrected chi connectivity index (χ0v) is 10.2. The van der Waals surface area contributed by atoms with Crippen LogP contribution in [0.3, 0.4) is 0 Å². The Morgan fingerprint density at radius 2 is 1.88 bits per heavy atom. The molecule has 0 spiro atoms. The Kier molecular flexibility index (Phi) is 3.67. The smallest absolute Gasteiger partial charge is 0.127 e. The molecule has 0 atom stereocenters. The van der Waals surface area contributed by atoms with Gasteiger partial charge in [-0.15, -0.1) is 0 Å². The minimum Gasteiger partial charge on any atom is -0.489 e. The third-order valence-electron chi connectivity index (χ3n) is 2.55. The number of fused-ring (bicyclic) bond motifs is 1. The van der Waals surface area contributed by atoms with Gasteiger partial charge in [-0.25, -0.2) is 0 Å². The van der Waals surface area contributed by atoms with Gasteiger partial charge >= 0.3 is 0 Å². The molecule has 2 aromatic rings. The van der Waals surface area contributed by atoms with E-state index >= 15 is 0 Å². The molecule has 0 aliphatic heterocycles. The van der Waals surface area contributed by atoms with E-state index in [0.29, 0.717) is 13.2 Å². The predicted octanol–water partition coefficient (Wildman–Crippen LogP) is 3.39. The lowest BCUT2D eigenvalue weighted by Gasteiger charge is -2.10. The summed E-state index contributed by atoms with van der Waals surface area (Å²) in [6.07, 6.45) is 0. The number of ether oxygens (including phenoxy) is 1. The fourth-order valence-electron chi connectivity index (χ4n) is 1.60. The van der Waals surface area contributed by atoms with Crippen LogP contribution < -0.4 is 10.5 Å². The van der Waals surface area contributed by atoms with Crippen molar-refractivity contribution in [3.05, 3.63) is 53.6 Å². The molecule has 2 aromatic carbocycles. The maximum Gasteiger partial charge on any atom is 0.127 e. The van der Waals surface area contributed by atoms with Gasteiger partial charge in [0.25, 0.3) is 0 Å². The molecule has 0 amide bonds. The van der Waals surface area contributed by atoms with Crippen molar-refractivity contribution in [1.29, 1.82) is 0 Å². The molecule has 0 fully saturated rings. The number of benzene rings is 2. The largest absolute Gasteiger partial charge is 0.489 e. The molecule has 0 saturated carbocycles. The lowest BCUT2D eigenvalue weighted by molar-refractivity contribution is 0.355. The second-order valence-electron chi connectivity index (χ2n) is 3.83. The first kappa shape index (κ1) is 12.0. The Morgan fingerprint density at radius 1 is 1.18 bits per heavy atom. The van der Waals surface area contributed by atoms with E-state index in [9.17, 15) is 0 Å². The van der Waals surface area contributed by atoms with Crippen molar-refractivity contribution in [2.24, 2.45) is 5.73 Å². The summed E-state index contributed by atoms with van der Waals surface area (Å²) < 4.78 is 5.69. The number of nitrogens with two attached hydrogens (primary N) is 1. The molecule has 0 saturated heterocycles. The van der Waals surface area contributed by atoms with Gasteiger partial charge < -0.3 is 10.5 Å². The Hall–Kier alpha value is -1.51. The lowest BCUT2D eigenvalue weighted by atomic mass is 10.1. The molecule has 2 rings (SSSR count). The van der Waals surface area contributed by atoms with Gasteiger partial charge in [0.1, 0.15) is 12.4 Å². The lowest BCUT2D eigenvalue weighted by Crippen LogP contribution is -2.09. The molecule has 0 aliphatic rings. The third kappa shape index (κ3) is 2.60. The summed E-state index contributed by atoms with van der Waals surface area (Å²) in [6.45, 7) is 4.68. The Morgan fingerprint density at radius 3 is 2.59 bits per heavy atom. The topological polar surface area (TPSA) is 35.2 Å². The van der Waals surface area contributed by atoms with Crippen LogP contribution in [-0.4, -0.2) is 13.2 Å². The number of rotatable bonds is 4. The Balaban J connectivity index is 2.35. The first-order chi connectivity index (χ1) is 8.22. The van der Waals surface area contributed by atoms with Crippen molar-refractivity contribution in [2.45, 2.75) is 0 Å². The van der Waals surface area contributed by atoms with Crippen molar-refractivity contribution in [1.82, 2.24) is 0 Å². The predicted molar refractivity (Wildman–Crippen MR) is 72.6 cm³/mol. The second kappa shape index (κ2) is 5.21. The van der Waals surface area contributed by atoms with Crippen molar-refractivity contribution in [2.75, 3.05) is 13.2 Å². The zero-order valence-electron chi connectivity index (χ0n) is 9.45. The first-order valence-electron chi connectivity index (χ1n) is 5.39. The molecule has 0 aromatic heterocycles. The second-order valence-corrected chi connectivity index (χ2v) is 4.24. The molecular formula is C14H14ClNO. The number of halogens is 1. The molecule has 2 nitrogen and oxygen atoms in total. The average molecular weight is 248 g/mol. The van der Waals surface area contributed by atoms with Crippen molar-refractivity contribution >= 4 is 22.4 Å². The van der Waals surface area contributed by atoms with Crippen molar-refractivity contribution in [3.63, 3.8) is 0 Å². The van der Waals surface area contributed by atoms with Crippen LogP contribution in [-0.2, 0) is 0 Å². The van der Waals surface area contributed by atoms with Crippen molar-refractivity contribution in [3.8, 4) is 5.75 Å². The first-order valence-corrected chi connectivity index (χ1v) is 5.77. The van der Waals surface area contributed by atoms with E-state index in [-0.39, 0.29) is 0 Å². The summed E-state index contributed by atoms with van der Waals surface area (Å²) >= 11 is 6.13. The maximum atomic E-state index is 6.13. The highest BCUT2D eigenvalue weighted by atomic mass is 35.5. The van der Waals surface area contributed by atoms with Gasteiger partial charge in [-0.05, 0) is 17.7 Å². The van der Waals surface area contributed by atoms with Crippen LogP contribution in [0.4, 0.5) is 0 Å². The van der Waals surface area contributed by atoms with E-state index in [1.807, 2.05) is 36.4 Å². The summed E-state index contributed by atoms with van der Waals surface area (Å²) in [5, 5.41) is 2.72. The molecule has 0 aliphatic carbocycles. The number of hydrogen-bond acceptors (Lipinski definition) is 2. The van der Waals surface area contributed by atoms with Crippen LogP contribution >= 0.6 is 11.6 Å². The summed E-state index contributed by atoms with van der Waals surface area (Å²) in [7, 11) is 0. The average Bonchev–Trinajstić information content (AvgIpc) is 2.38. The summed E-state index contributed by atoms with van der Waals surface area (Å²) in [5.74, 6) is 0.805. The standard InChI is InChI=1S/C14H14ClNO/c1-10(8-16)9-17-14-7-6-13(15)11-4-2-3-5-12(11)14/h2-7H,1,8-9,16H2. The molecule has 88 valence electrons. The Labute approximate surface area is 106 Å². The van der Waals surface area contributed by atoms with Gasteiger partial charge in [0.2, 0.25) is 0 Å². The fourth-order valence-corrected chi connectivity index (χ4v) is 1.83. The van der Waals surface area contributed by atoms with Gasteiger partial charge in [-0.1, -0.05) is 42.4 Å². The molecule has 0 bridgehead atoms. The highest BCUT2D eigenvalue weighted by Crippen LogP contribution is 2.31. The van der Waals surface area contributed by atoms with Crippen LogP contribution in [0.5, 0.6) is 5.75 Å². The van der Waals surface area contributed by atoms with E-state index in [2.05, 4.69) is 6.58 Å². The monoisotopic (exact) mass is 247 g/mol. The van der Waals surface area contributed by atoms with Gasteiger partial charge in [0, 0.05) is 22.3 Å². The molecule has 2 N–H and O–H groups in total. The van der Waals surface area contributed by atoms with E-state index in [4.69, 9.17) is 22.1 Å². The minimum absolute atomic E-state index is 0.433. The van der Waals surface area contributed by atoms with E-state index in [1.54, 1.807) is 0 Å². The van der Waals surface area contributed by atoms with E-state index in [0.717, 1.165) is 27.1 Å². The van der Waals surface area contributed by atoms with Crippen LogP contribution in [0.2, 0.25) is 5.02 Å². The summed E-state index contributed by atoms with van der Waals surface area (Å²) in [4.78, 5) is 0. The highest BCUT2D eigenvalue weighted by Gasteiger charge is 2.05. The van der Waals surface area contributed by atoms with E-state index < -0.39 is 0 Å². The van der Waals surface area contributed by atoms with Crippen LogP contribution in [0.1, 0.15) is 0 Å².